The zero-order valence-corrected chi connectivity index (χ0v) is 14.0. The predicted molar refractivity (Wildman–Crippen MR) is 88.9 cm³/mol. The largest absolute Gasteiger partial charge is 0.356 e. The molecule has 129 valence electrons. The molecule has 0 aliphatic rings. The molecule has 9 heteroatoms. The van der Waals surface area contributed by atoms with E-state index in [1.54, 1.807) is 0 Å². The van der Waals surface area contributed by atoms with Gasteiger partial charge in [0.05, 0.1) is 6.19 Å². The van der Waals surface area contributed by atoms with Gasteiger partial charge in [-0.15, -0.1) is 20.4 Å². The Labute approximate surface area is 142 Å². The second-order valence-electron chi connectivity index (χ2n) is 5.58. The van der Waals surface area contributed by atoms with Gasteiger partial charge in [0.1, 0.15) is 5.78 Å². The van der Waals surface area contributed by atoms with Crippen LogP contribution >= 0.6 is 0 Å². The van der Waals surface area contributed by atoms with E-state index in [1.807, 2.05) is 0 Å². The van der Waals surface area contributed by atoms with Crippen LogP contribution in [-0.2, 0) is 20.8 Å². The Bertz CT molecular complexity index is 515. The van der Waals surface area contributed by atoms with Crippen LogP contribution in [0.2, 0.25) is 6.32 Å². The number of nitrogens with one attached hydrogen (secondary N) is 1. The lowest BCUT2D eigenvalue weighted by Gasteiger charge is -2.11. The third-order valence-corrected chi connectivity index (χ3v) is 3.66. The maximum atomic E-state index is 11.8. The van der Waals surface area contributed by atoms with Crippen LogP contribution in [0.3, 0.4) is 0 Å². The SMILES string of the molecule is CC(=O)C(C[B]C=O)CCC(=O)NCCCCCc1nncnn1. The number of carbonyl (C=O) groups excluding carboxylic acids is 3. The molecule has 1 rings (SSSR count). The Balaban J connectivity index is 2.06. The van der Waals surface area contributed by atoms with Crippen LogP contribution < -0.4 is 5.32 Å². The average Bonchev–Trinajstić information content (AvgIpc) is 2.58. The molecule has 0 fully saturated rings. The lowest BCUT2D eigenvalue weighted by molar-refractivity contribution is -0.122. The van der Waals surface area contributed by atoms with Crippen molar-refractivity contribution in [2.45, 2.75) is 51.8 Å². The number of unbranched alkanes of at least 4 members (excludes halogenated alkanes) is 2. The van der Waals surface area contributed by atoms with Gasteiger partial charge < -0.3 is 10.1 Å². The summed E-state index contributed by atoms with van der Waals surface area (Å²) < 4.78 is 0. The first-order valence-electron chi connectivity index (χ1n) is 8.16. The zero-order valence-electron chi connectivity index (χ0n) is 14.0. The molecule has 1 heterocycles. The molecular weight excluding hydrogens is 309 g/mol. The van der Waals surface area contributed by atoms with Crippen molar-refractivity contribution in [3.05, 3.63) is 12.2 Å². The first kappa shape index (κ1) is 19.9. The van der Waals surface area contributed by atoms with Gasteiger partial charge in [0, 0.05) is 25.3 Å². The molecule has 1 aromatic heterocycles. The molecule has 1 amide bonds. The number of rotatable bonds is 13. The van der Waals surface area contributed by atoms with E-state index in [9.17, 15) is 14.4 Å². The van der Waals surface area contributed by atoms with Gasteiger partial charge in [-0.25, -0.2) is 0 Å². The summed E-state index contributed by atoms with van der Waals surface area (Å²) in [5, 5.41) is 17.9. The molecule has 1 unspecified atom stereocenters. The number of aromatic nitrogens is 4. The van der Waals surface area contributed by atoms with Crippen LogP contribution in [0.5, 0.6) is 0 Å². The predicted octanol–water partition coefficient (Wildman–Crippen LogP) is 0.394. The molecule has 0 aromatic carbocycles. The molecule has 1 atom stereocenters. The van der Waals surface area contributed by atoms with Gasteiger partial charge in [0.2, 0.25) is 5.91 Å². The highest BCUT2D eigenvalue weighted by Gasteiger charge is 2.15. The molecular formula is C15H23BN5O3. The number of ketones is 1. The van der Waals surface area contributed by atoms with Crippen molar-refractivity contribution in [2.24, 2.45) is 5.92 Å². The monoisotopic (exact) mass is 332 g/mol. The van der Waals surface area contributed by atoms with E-state index in [4.69, 9.17) is 0 Å². The van der Waals surface area contributed by atoms with Crippen molar-refractivity contribution in [3.8, 4) is 0 Å². The summed E-state index contributed by atoms with van der Waals surface area (Å²) in [6.07, 6.45) is 6.60. The number of hydrogen-bond donors (Lipinski definition) is 1. The van der Waals surface area contributed by atoms with Crippen LogP contribution in [-0.4, -0.2) is 52.1 Å². The van der Waals surface area contributed by atoms with Gasteiger partial charge >= 0.3 is 0 Å². The van der Waals surface area contributed by atoms with E-state index in [1.165, 1.54) is 20.5 Å². The molecule has 1 N–H and O–H groups in total. The Morgan fingerprint density at radius 3 is 2.67 bits per heavy atom. The van der Waals surface area contributed by atoms with Gasteiger partial charge in [-0.1, -0.05) is 12.7 Å². The van der Waals surface area contributed by atoms with Crippen molar-refractivity contribution >= 4 is 25.2 Å². The number of Topliss-reactive ketones (excluding diaryl/α,β-unsaturated/α-hetero) is 1. The maximum Gasteiger partial charge on any atom is 0.220 e. The van der Waals surface area contributed by atoms with E-state index in [2.05, 4.69) is 25.7 Å². The summed E-state index contributed by atoms with van der Waals surface area (Å²) in [7, 11) is 1.42. The number of aryl methyl sites for hydroxylation is 1. The fourth-order valence-electron chi connectivity index (χ4n) is 2.24. The minimum absolute atomic E-state index is 0.00742. The molecule has 0 aliphatic heterocycles. The first-order valence-corrected chi connectivity index (χ1v) is 8.16. The number of amides is 1. The average molecular weight is 332 g/mol. The molecule has 0 saturated heterocycles. The summed E-state index contributed by atoms with van der Waals surface area (Å²) in [5.74, 6) is 0.318. The summed E-state index contributed by atoms with van der Waals surface area (Å²) in [4.78, 5) is 33.5. The molecule has 0 saturated carbocycles. The third kappa shape index (κ3) is 9.07. The Morgan fingerprint density at radius 1 is 1.25 bits per heavy atom. The normalized spacial score (nSPS) is 11.5. The van der Waals surface area contributed by atoms with Crippen molar-refractivity contribution in [1.29, 1.82) is 0 Å². The Morgan fingerprint density at radius 2 is 2.00 bits per heavy atom. The smallest absolute Gasteiger partial charge is 0.220 e. The van der Waals surface area contributed by atoms with Gasteiger partial charge in [-0.05, 0) is 26.2 Å². The zero-order chi connectivity index (χ0) is 17.6. The van der Waals surface area contributed by atoms with Gasteiger partial charge in [-0.3, -0.25) is 9.59 Å². The highest BCUT2D eigenvalue weighted by molar-refractivity contribution is 6.66. The quantitative estimate of drug-likeness (QED) is 0.316. The molecule has 24 heavy (non-hydrogen) atoms. The maximum absolute atomic E-state index is 11.8. The second-order valence-corrected chi connectivity index (χ2v) is 5.58. The summed E-state index contributed by atoms with van der Waals surface area (Å²) in [6, 6.07) is 0. The third-order valence-electron chi connectivity index (χ3n) is 3.66. The molecule has 1 aromatic rings. The van der Waals surface area contributed by atoms with Crippen LogP contribution in [0.25, 0.3) is 0 Å². The molecule has 0 bridgehead atoms. The fraction of sp³-hybridized carbons (Fsp3) is 0.667. The van der Waals surface area contributed by atoms with Crippen LogP contribution in [0.15, 0.2) is 6.33 Å². The molecule has 8 nitrogen and oxygen atoms in total. The van der Waals surface area contributed by atoms with E-state index < -0.39 is 0 Å². The highest BCUT2D eigenvalue weighted by atomic mass is 16.1. The molecule has 0 spiro atoms. The van der Waals surface area contributed by atoms with E-state index >= 15 is 0 Å². The van der Waals surface area contributed by atoms with Gasteiger partial charge in [0.15, 0.2) is 19.4 Å². The Hall–Kier alpha value is -2.19. The van der Waals surface area contributed by atoms with Gasteiger partial charge in [0.25, 0.3) is 0 Å². The number of nitrogens with zero attached hydrogens (tertiary/aromatic N) is 4. The van der Waals surface area contributed by atoms with E-state index in [0.717, 1.165) is 25.7 Å². The summed E-state index contributed by atoms with van der Waals surface area (Å²) in [5.41, 5.74) is 0. The van der Waals surface area contributed by atoms with Crippen LogP contribution in [0.1, 0.15) is 44.9 Å². The van der Waals surface area contributed by atoms with Crippen molar-refractivity contribution < 1.29 is 14.4 Å². The first-order chi connectivity index (χ1) is 11.6. The van der Waals surface area contributed by atoms with Crippen LogP contribution in [0, 0.1) is 5.92 Å². The van der Waals surface area contributed by atoms with E-state index in [-0.39, 0.29) is 17.6 Å². The number of carbonyl (C=O) groups is 3. The molecule has 1 radical (unpaired) electrons. The fourth-order valence-corrected chi connectivity index (χ4v) is 2.24. The van der Waals surface area contributed by atoms with Crippen LogP contribution in [0.4, 0.5) is 0 Å². The molecule has 0 aliphatic carbocycles. The van der Waals surface area contributed by atoms with Crippen molar-refractivity contribution in [3.63, 3.8) is 0 Å². The second kappa shape index (κ2) is 12.3. The Kier molecular flexibility index (Phi) is 10.1. The number of hydrogen-bond acceptors (Lipinski definition) is 7. The minimum atomic E-state index is -0.256. The lowest BCUT2D eigenvalue weighted by Crippen LogP contribution is -2.26. The van der Waals surface area contributed by atoms with Crippen molar-refractivity contribution in [2.75, 3.05) is 6.54 Å². The highest BCUT2D eigenvalue weighted by Crippen LogP contribution is 2.12. The summed E-state index contributed by atoms with van der Waals surface area (Å²) >= 11 is 0. The standard InChI is InChI=1S/C15H23BN5O3/c1-12(23)13(9-16-10-22)6-7-15(24)17-8-4-2-3-5-14-20-18-11-19-21-14/h10-11,13H,2-9H2,1H3,(H,17,24). The minimum Gasteiger partial charge on any atom is -0.356 e. The summed E-state index contributed by atoms with van der Waals surface area (Å²) in [6.45, 7) is 2.10. The van der Waals surface area contributed by atoms with E-state index in [0.29, 0.717) is 37.7 Å². The lowest BCUT2D eigenvalue weighted by atomic mass is 9.69. The topological polar surface area (TPSA) is 115 Å². The van der Waals surface area contributed by atoms with Gasteiger partial charge in [-0.2, -0.15) is 0 Å². The van der Waals surface area contributed by atoms with Crippen molar-refractivity contribution in [1.82, 2.24) is 25.7 Å².